The summed E-state index contributed by atoms with van der Waals surface area (Å²) in [5.74, 6) is 1.37. The minimum Gasteiger partial charge on any atom is -0.497 e. The molecule has 0 fully saturated rings. The van der Waals surface area contributed by atoms with E-state index >= 15 is 0 Å². The lowest BCUT2D eigenvalue weighted by Crippen LogP contribution is -2.27. The minimum atomic E-state index is -0.166. The molecule has 0 radical (unpaired) electrons. The summed E-state index contributed by atoms with van der Waals surface area (Å²) in [6.45, 7) is 4.07. The second-order valence-corrected chi connectivity index (χ2v) is 10.7. The van der Waals surface area contributed by atoms with E-state index in [1.165, 1.54) is 22.3 Å². The molecule has 40 heavy (non-hydrogen) atoms. The molecule has 1 amide bonds. The van der Waals surface area contributed by atoms with Crippen molar-refractivity contribution in [3.05, 3.63) is 112 Å². The third kappa shape index (κ3) is 6.52. The summed E-state index contributed by atoms with van der Waals surface area (Å²) >= 11 is 1.51. The molecule has 3 aromatic carbocycles. The van der Waals surface area contributed by atoms with Crippen LogP contribution in [-0.4, -0.2) is 41.5 Å². The molecule has 2 aromatic heterocycles. The van der Waals surface area contributed by atoms with E-state index in [-0.39, 0.29) is 11.9 Å². The van der Waals surface area contributed by atoms with Crippen LogP contribution in [0.4, 0.5) is 0 Å². The van der Waals surface area contributed by atoms with Gasteiger partial charge in [0, 0.05) is 47.2 Å². The zero-order valence-corrected chi connectivity index (χ0v) is 23.8. The Morgan fingerprint density at radius 1 is 1.00 bits per heavy atom. The molecule has 1 unspecified atom stereocenters. The summed E-state index contributed by atoms with van der Waals surface area (Å²) in [7, 11) is 3.33. The van der Waals surface area contributed by atoms with Gasteiger partial charge in [0.2, 0.25) is 0 Å². The zero-order chi connectivity index (χ0) is 27.9. The van der Waals surface area contributed by atoms with Gasteiger partial charge in [-0.3, -0.25) is 9.69 Å². The van der Waals surface area contributed by atoms with Crippen LogP contribution in [0.15, 0.2) is 84.4 Å². The number of H-pyrrole nitrogens is 1. The average molecular weight is 555 g/mol. The van der Waals surface area contributed by atoms with E-state index in [9.17, 15) is 4.79 Å². The monoisotopic (exact) mass is 554 g/mol. The van der Waals surface area contributed by atoms with Crippen molar-refractivity contribution in [2.45, 2.75) is 32.5 Å². The first-order valence-electron chi connectivity index (χ1n) is 13.3. The topological polar surface area (TPSA) is 79.5 Å². The number of aromatic nitrogens is 2. The summed E-state index contributed by atoms with van der Waals surface area (Å²) in [4.78, 5) is 23.4. The van der Waals surface area contributed by atoms with Gasteiger partial charge in [0.05, 0.1) is 26.8 Å². The summed E-state index contributed by atoms with van der Waals surface area (Å²) in [6, 6.07) is 24.1. The molecule has 0 saturated heterocycles. The van der Waals surface area contributed by atoms with Crippen LogP contribution in [0, 0.1) is 0 Å². The number of ether oxygens (including phenoxy) is 2. The molecule has 0 bridgehead atoms. The van der Waals surface area contributed by atoms with E-state index in [1.807, 2.05) is 66.9 Å². The molecule has 1 atom stereocenters. The molecule has 7 nitrogen and oxygen atoms in total. The van der Waals surface area contributed by atoms with Gasteiger partial charge in [-0.05, 0) is 36.6 Å². The van der Waals surface area contributed by atoms with Crippen molar-refractivity contribution in [3.63, 3.8) is 0 Å². The van der Waals surface area contributed by atoms with Crippen LogP contribution in [-0.2, 0) is 19.5 Å². The highest BCUT2D eigenvalue weighted by Gasteiger charge is 2.18. The maximum atomic E-state index is 13.0. The number of carbonyl (C=O) groups excluding carboxylic acids is 1. The highest BCUT2D eigenvalue weighted by molar-refractivity contribution is 7.09. The second-order valence-electron chi connectivity index (χ2n) is 9.73. The maximum Gasteiger partial charge on any atom is 0.271 e. The van der Waals surface area contributed by atoms with E-state index in [4.69, 9.17) is 14.5 Å². The van der Waals surface area contributed by atoms with Crippen LogP contribution >= 0.6 is 11.3 Å². The number of methoxy groups -OCH3 is 2. The van der Waals surface area contributed by atoms with Crippen LogP contribution < -0.4 is 14.8 Å². The third-order valence-electron chi connectivity index (χ3n) is 7.05. The van der Waals surface area contributed by atoms with Gasteiger partial charge < -0.3 is 19.8 Å². The van der Waals surface area contributed by atoms with Crippen molar-refractivity contribution in [3.8, 4) is 11.5 Å². The van der Waals surface area contributed by atoms with E-state index < -0.39 is 0 Å². The van der Waals surface area contributed by atoms with Crippen molar-refractivity contribution in [1.29, 1.82) is 0 Å². The molecular formula is C32H34N4O3S. The number of amides is 1. The highest BCUT2D eigenvalue weighted by Crippen LogP contribution is 2.27. The smallest absolute Gasteiger partial charge is 0.271 e. The Morgan fingerprint density at radius 2 is 1.80 bits per heavy atom. The lowest BCUT2D eigenvalue weighted by Gasteiger charge is -2.22. The number of benzene rings is 3. The summed E-state index contributed by atoms with van der Waals surface area (Å²) in [6.07, 6.45) is 2.96. The Balaban J connectivity index is 1.32. The van der Waals surface area contributed by atoms with Crippen LogP contribution in [0.1, 0.15) is 45.2 Å². The number of thiazole rings is 1. The van der Waals surface area contributed by atoms with Gasteiger partial charge in [0.25, 0.3) is 5.91 Å². The summed E-state index contributed by atoms with van der Waals surface area (Å²) < 4.78 is 11.1. The fraction of sp³-hybridized carbons (Fsp3) is 0.250. The fourth-order valence-electron chi connectivity index (χ4n) is 4.83. The number of rotatable bonds is 12. The molecule has 8 heteroatoms. The number of hydrogen-bond donors (Lipinski definition) is 2. The van der Waals surface area contributed by atoms with Gasteiger partial charge in [-0.25, -0.2) is 4.98 Å². The lowest BCUT2D eigenvalue weighted by molar-refractivity contribution is 0.0935. The number of nitrogens with one attached hydrogen (secondary N) is 2. The van der Waals surface area contributed by atoms with E-state index in [2.05, 4.69) is 39.6 Å². The standard InChI is InChI=1S/C32H34N4O3S/c1-22(23-9-5-4-6-10-23)34-32(37)29-21-40-31(35-29)20-36(19-25-13-14-26(38-2)17-30(25)39-3)16-15-24-18-33-28-12-8-7-11-27(24)28/h4-14,17-18,21-22,33H,15-16,19-20H2,1-3H3,(H,34,37). The van der Waals surface area contributed by atoms with Crippen molar-refractivity contribution in [2.24, 2.45) is 0 Å². The average Bonchev–Trinajstić information content (AvgIpc) is 3.64. The highest BCUT2D eigenvalue weighted by atomic mass is 32.1. The third-order valence-corrected chi connectivity index (χ3v) is 7.88. The number of nitrogens with zero attached hydrogens (tertiary/aromatic N) is 2. The van der Waals surface area contributed by atoms with E-state index in [1.54, 1.807) is 14.2 Å². The second kappa shape index (κ2) is 12.8. The van der Waals surface area contributed by atoms with Crippen LogP contribution in [0.25, 0.3) is 10.9 Å². The summed E-state index contributed by atoms with van der Waals surface area (Å²) in [5, 5.41) is 7.04. The van der Waals surface area contributed by atoms with Gasteiger partial charge >= 0.3 is 0 Å². The first kappa shape index (κ1) is 27.4. The predicted octanol–water partition coefficient (Wildman–Crippen LogP) is 6.38. The van der Waals surface area contributed by atoms with Crippen LogP contribution in [0.3, 0.4) is 0 Å². The molecule has 206 valence electrons. The van der Waals surface area contributed by atoms with Crippen molar-refractivity contribution in [1.82, 2.24) is 20.2 Å². The van der Waals surface area contributed by atoms with Crippen LogP contribution in [0.5, 0.6) is 11.5 Å². The Kier molecular flexibility index (Phi) is 8.78. The van der Waals surface area contributed by atoms with Crippen LogP contribution in [0.2, 0.25) is 0 Å². The number of para-hydroxylation sites is 1. The van der Waals surface area contributed by atoms with Gasteiger partial charge in [0.15, 0.2) is 0 Å². The number of hydrogen-bond acceptors (Lipinski definition) is 6. The van der Waals surface area contributed by atoms with Crippen molar-refractivity contribution in [2.75, 3.05) is 20.8 Å². The molecule has 5 aromatic rings. The Hall–Kier alpha value is -4.14. The molecular weight excluding hydrogens is 520 g/mol. The number of aromatic amines is 1. The SMILES string of the molecule is COc1ccc(CN(CCc2c[nH]c3ccccc23)Cc2nc(C(=O)NC(C)c3ccccc3)cs2)c(OC)c1. The Morgan fingerprint density at radius 3 is 2.60 bits per heavy atom. The van der Waals surface area contributed by atoms with E-state index in [0.717, 1.165) is 46.1 Å². The molecule has 0 aliphatic heterocycles. The molecule has 0 aliphatic rings. The lowest BCUT2D eigenvalue weighted by atomic mass is 10.1. The predicted molar refractivity (Wildman–Crippen MR) is 160 cm³/mol. The molecule has 2 N–H and O–H groups in total. The normalized spacial score (nSPS) is 12.0. The Bertz CT molecular complexity index is 1560. The van der Waals surface area contributed by atoms with Gasteiger partial charge in [-0.2, -0.15) is 0 Å². The largest absolute Gasteiger partial charge is 0.497 e. The molecule has 0 saturated carbocycles. The first-order chi connectivity index (χ1) is 19.5. The first-order valence-corrected chi connectivity index (χ1v) is 14.2. The minimum absolute atomic E-state index is 0.103. The molecule has 2 heterocycles. The number of fused-ring (bicyclic) bond motifs is 1. The number of carbonyl (C=O) groups is 1. The quantitative estimate of drug-likeness (QED) is 0.187. The van der Waals surface area contributed by atoms with Crippen molar-refractivity contribution < 1.29 is 14.3 Å². The Labute approximate surface area is 238 Å². The van der Waals surface area contributed by atoms with Crippen molar-refractivity contribution >= 4 is 28.1 Å². The molecule has 5 rings (SSSR count). The maximum absolute atomic E-state index is 13.0. The molecule has 0 aliphatic carbocycles. The fourth-order valence-corrected chi connectivity index (χ4v) is 5.64. The summed E-state index contributed by atoms with van der Waals surface area (Å²) in [5.41, 5.74) is 4.98. The van der Waals surface area contributed by atoms with Gasteiger partial charge in [0.1, 0.15) is 22.2 Å². The molecule has 0 spiro atoms. The van der Waals surface area contributed by atoms with Gasteiger partial charge in [-0.1, -0.05) is 54.6 Å². The van der Waals surface area contributed by atoms with Gasteiger partial charge in [-0.15, -0.1) is 11.3 Å². The van der Waals surface area contributed by atoms with E-state index in [0.29, 0.717) is 18.8 Å². The zero-order valence-electron chi connectivity index (χ0n) is 23.0.